The highest BCUT2D eigenvalue weighted by Gasteiger charge is 2.19. The van der Waals surface area contributed by atoms with Crippen LogP contribution in [0.25, 0.3) is 0 Å². The molecule has 0 radical (unpaired) electrons. The monoisotopic (exact) mass is 423 g/mol. The van der Waals surface area contributed by atoms with E-state index < -0.39 is 0 Å². The topological polar surface area (TPSA) is 88.9 Å². The highest BCUT2D eigenvalue weighted by Crippen LogP contribution is 2.19. The van der Waals surface area contributed by atoms with Crippen molar-refractivity contribution in [2.75, 3.05) is 5.75 Å². The van der Waals surface area contributed by atoms with Crippen LogP contribution in [0.1, 0.15) is 40.3 Å². The van der Waals surface area contributed by atoms with Crippen molar-refractivity contribution < 1.29 is 9.59 Å². The Morgan fingerprint density at radius 3 is 2.47 bits per heavy atom. The van der Waals surface area contributed by atoms with Gasteiger partial charge in [0.05, 0.1) is 11.8 Å². The summed E-state index contributed by atoms with van der Waals surface area (Å²) in [6.07, 6.45) is 0. The van der Waals surface area contributed by atoms with Gasteiger partial charge in [0.2, 0.25) is 5.91 Å². The lowest BCUT2D eigenvalue weighted by Gasteiger charge is -2.13. The first kappa shape index (κ1) is 21.6. The van der Waals surface area contributed by atoms with Gasteiger partial charge in [0, 0.05) is 19.2 Å². The number of nitrogens with zero attached hydrogens (tertiary/aromatic N) is 3. The summed E-state index contributed by atoms with van der Waals surface area (Å²) in [6.45, 7) is 4.33. The van der Waals surface area contributed by atoms with Gasteiger partial charge in [-0.2, -0.15) is 0 Å². The van der Waals surface area contributed by atoms with Gasteiger partial charge in [-0.25, -0.2) is 0 Å². The van der Waals surface area contributed by atoms with Crippen LogP contribution in [-0.4, -0.2) is 32.3 Å². The summed E-state index contributed by atoms with van der Waals surface area (Å²) >= 11 is 1.31. The lowest BCUT2D eigenvalue weighted by atomic mass is 10.1. The molecule has 0 aliphatic rings. The SMILES string of the molecule is Cc1ccc(C(=O)N[C@@H](C)c2nnc(SCC(=O)NCc3ccccc3)n2C)cc1. The molecule has 0 aliphatic carbocycles. The minimum absolute atomic E-state index is 0.0749. The van der Waals surface area contributed by atoms with Crippen molar-refractivity contribution >= 4 is 23.6 Å². The summed E-state index contributed by atoms with van der Waals surface area (Å²) in [5.41, 5.74) is 2.75. The van der Waals surface area contributed by atoms with Gasteiger partial charge >= 0.3 is 0 Å². The first-order valence-electron chi connectivity index (χ1n) is 9.64. The summed E-state index contributed by atoms with van der Waals surface area (Å²) in [4.78, 5) is 24.6. The molecule has 1 atom stereocenters. The summed E-state index contributed by atoms with van der Waals surface area (Å²) in [5.74, 6) is 0.625. The molecule has 2 N–H and O–H groups in total. The fourth-order valence-electron chi connectivity index (χ4n) is 2.86. The Hall–Kier alpha value is -3.13. The van der Waals surface area contributed by atoms with Crippen LogP contribution < -0.4 is 10.6 Å². The normalized spacial score (nSPS) is 11.7. The average molecular weight is 424 g/mol. The van der Waals surface area contributed by atoms with Crippen LogP contribution in [0.15, 0.2) is 59.8 Å². The summed E-state index contributed by atoms with van der Waals surface area (Å²) < 4.78 is 1.80. The molecule has 1 heterocycles. The molecular weight excluding hydrogens is 398 g/mol. The van der Waals surface area contributed by atoms with Crippen molar-refractivity contribution in [2.24, 2.45) is 7.05 Å². The molecule has 0 bridgehead atoms. The van der Waals surface area contributed by atoms with Crippen molar-refractivity contribution in [3.8, 4) is 0 Å². The number of carbonyl (C=O) groups excluding carboxylic acids is 2. The maximum absolute atomic E-state index is 12.4. The largest absolute Gasteiger partial charge is 0.351 e. The maximum Gasteiger partial charge on any atom is 0.251 e. The minimum Gasteiger partial charge on any atom is -0.351 e. The van der Waals surface area contributed by atoms with Gasteiger partial charge in [0.1, 0.15) is 0 Å². The quantitative estimate of drug-likeness (QED) is 0.544. The predicted octanol–water partition coefficient (Wildman–Crippen LogP) is 3.02. The zero-order valence-electron chi connectivity index (χ0n) is 17.3. The van der Waals surface area contributed by atoms with E-state index in [9.17, 15) is 9.59 Å². The molecular formula is C22H25N5O2S. The zero-order chi connectivity index (χ0) is 21.5. The Kier molecular flexibility index (Phi) is 7.24. The first-order valence-corrected chi connectivity index (χ1v) is 10.6. The van der Waals surface area contributed by atoms with Crippen molar-refractivity contribution in [3.63, 3.8) is 0 Å². The number of amides is 2. The zero-order valence-corrected chi connectivity index (χ0v) is 18.1. The molecule has 0 saturated carbocycles. The van der Waals surface area contributed by atoms with E-state index in [1.54, 1.807) is 16.7 Å². The number of hydrogen-bond donors (Lipinski definition) is 2. The van der Waals surface area contributed by atoms with E-state index in [1.165, 1.54) is 11.8 Å². The molecule has 1 aromatic heterocycles. The number of carbonyl (C=O) groups is 2. The summed E-state index contributed by atoms with van der Waals surface area (Å²) in [5, 5.41) is 14.8. The molecule has 156 valence electrons. The van der Waals surface area contributed by atoms with Gasteiger partial charge in [-0.15, -0.1) is 10.2 Å². The Labute approximate surface area is 180 Å². The van der Waals surface area contributed by atoms with Crippen molar-refractivity contribution in [3.05, 3.63) is 77.1 Å². The Morgan fingerprint density at radius 1 is 1.07 bits per heavy atom. The standard InChI is InChI=1S/C22H25N5O2S/c1-15-9-11-18(12-10-15)21(29)24-16(2)20-25-26-22(27(20)3)30-14-19(28)23-13-17-7-5-4-6-8-17/h4-12,16H,13-14H2,1-3H3,(H,23,28)(H,24,29)/t16-/m0/s1. The van der Waals surface area contributed by atoms with Gasteiger partial charge in [-0.3, -0.25) is 9.59 Å². The molecule has 2 amide bonds. The van der Waals surface area contributed by atoms with E-state index in [-0.39, 0.29) is 23.6 Å². The highest BCUT2D eigenvalue weighted by molar-refractivity contribution is 7.99. The number of thioether (sulfide) groups is 1. The van der Waals surface area contributed by atoms with Crippen molar-refractivity contribution in [1.29, 1.82) is 0 Å². The predicted molar refractivity (Wildman–Crippen MR) is 117 cm³/mol. The molecule has 0 aliphatic heterocycles. The van der Waals surface area contributed by atoms with Gasteiger partial charge < -0.3 is 15.2 Å². The van der Waals surface area contributed by atoms with E-state index in [0.29, 0.717) is 23.1 Å². The van der Waals surface area contributed by atoms with Crippen LogP contribution >= 0.6 is 11.8 Å². The third-order valence-corrected chi connectivity index (χ3v) is 5.60. The second-order valence-corrected chi connectivity index (χ2v) is 7.95. The summed E-state index contributed by atoms with van der Waals surface area (Å²) in [6, 6.07) is 16.8. The first-order chi connectivity index (χ1) is 14.4. The summed E-state index contributed by atoms with van der Waals surface area (Å²) in [7, 11) is 1.83. The Balaban J connectivity index is 1.52. The average Bonchev–Trinajstić information content (AvgIpc) is 3.12. The van der Waals surface area contributed by atoms with Crippen LogP contribution in [0.5, 0.6) is 0 Å². The van der Waals surface area contributed by atoms with Gasteiger partial charge in [-0.05, 0) is 31.5 Å². The molecule has 8 heteroatoms. The van der Waals surface area contributed by atoms with Gasteiger partial charge in [-0.1, -0.05) is 59.8 Å². The molecule has 30 heavy (non-hydrogen) atoms. The molecule has 0 fully saturated rings. The van der Waals surface area contributed by atoms with Crippen molar-refractivity contribution in [2.45, 2.75) is 31.6 Å². The maximum atomic E-state index is 12.4. The molecule has 7 nitrogen and oxygen atoms in total. The second kappa shape index (κ2) is 10.1. The number of rotatable bonds is 8. The smallest absolute Gasteiger partial charge is 0.251 e. The second-order valence-electron chi connectivity index (χ2n) is 7.01. The molecule has 3 aromatic rings. The third kappa shape index (κ3) is 5.70. The third-order valence-electron chi connectivity index (χ3n) is 4.58. The fourth-order valence-corrected chi connectivity index (χ4v) is 3.60. The van der Waals surface area contributed by atoms with Crippen LogP contribution in [0.4, 0.5) is 0 Å². The number of hydrogen-bond acceptors (Lipinski definition) is 5. The Bertz CT molecular complexity index is 1000. The van der Waals surface area contributed by atoms with Crippen LogP contribution in [0, 0.1) is 6.92 Å². The number of benzene rings is 2. The lowest BCUT2D eigenvalue weighted by Crippen LogP contribution is -2.28. The van der Waals surface area contributed by atoms with E-state index >= 15 is 0 Å². The van der Waals surface area contributed by atoms with Crippen LogP contribution in [0.2, 0.25) is 0 Å². The number of aromatic nitrogens is 3. The van der Waals surface area contributed by atoms with Gasteiger partial charge in [0.15, 0.2) is 11.0 Å². The van der Waals surface area contributed by atoms with E-state index in [0.717, 1.165) is 11.1 Å². The van der Waals surface area contributed by atoms with Crippen LogP contribution in [-0.2, 0) is 18.4 Å². The minimum atomic E-state index is -0.322. The Morgan fingerprint density at radius 2 is 1.77 bits per heavy atom. The number of nitrogens with one attached hydrogen (secondary N) is 2. The van der Waals surface area contributed by atoms with E-state index in [2.05, 4.69) is 20.8 Å². The van der Waals surface area contributed by atoms with Crippen molar-refractivity contribution in [1.82, 2.24) is 25.4 Å². The van der Waals surface area contributed by atoms with E-state index in [1.807, 2.05) is 63.4 Å². The molecule has 2 aromatic carbocycles. The number of aryl methyl sites for hydroxylation is 1. The van der Waals surface area contributed by atoms with Gasteiger partial charge in [0.25, 0.3) is 5.91 Å². The van der Waals surface area contributed by atoms with Crippen LogP contribution in [0.3, 0.4) is 0 Å². The highest BCUT2D eigenvalue weighted by atomic mass is 32.2. The molecule has 3 rings (SSSR count). The fraction of sp³-hybridized carbons (Fsp3) is 0.273. The molecule has 0 unspecified atom stereocenters. The molecule has 0 spiro atoms. The van der Waals surface area contributed by atoms with E-state index in [4.69, 9.17) is 0 Å². The molecule has 0 saturated heterocycles. The lowest BCUT2D eigenvalue weighted by molar-refractivity contribution is -0.118.